The summed E-state index contributed by atoms with van der Waals surface area (Å²) in [5.74, 6) is 0. The molecule has 0 fully saturated rings. The van der Waals surface area contributed by atoms with Gasteiger partial charge in [0.2, 0.25) is 0 Å². The van der Waals surface area contributed by atoms with Crippen LogP contribution in [-0.2, 0) is 14.1 Å². The van der Waals surface area contributed by atoms with Gasteiger partial charge in [0.25, 0.3) is 0 Å². The summed E-state index contributed by atoms with van der Waals surface area (Å²) in [6.45, 7) is 1.99. The monoisotopic (exact) mass is 252 g/mol. The van der Waals surface area contributed by atoms with Gasteiger partial charge in [0.1, 0.15) is 6.33 Å². The van der Waals surface area contributed by atoms with Crippen molar-refractivity contribution >= 4 is 11.8 Å². The fourth-order valence-corrected chi connectivity index (χ4v) is 2.58. The first kappa shape index (κ1) is 12.1. The van der Waals surface area contributed by atoms with Gasteiger partial charge in [-0.15, -0.1) is 0 Å². The number of thioether (sulfide) groups is 1. The molecule has 0 aliphatic heterocycles. The van der Waals surface area contributed by atoms with Gasteiger partial charge in [-0.3, -0.25) is 4.68 Å². The molecule has 2 rings (SSSR count). The van der Waals surface area contributed by atoms with Crippen LogP contribution >= 0.6 is 11.8 Å². The van der Waals surface area contributed by atoms with E-state index in [1.165, 1.54) is 0 Å². The van der Waals surface area contributed by atoms with Crippen LogP contribution in [0.5, 0.6) is 0 Å². The van der Waals surface area contributed by atoms with Crippen LogP contribution in [0.3, 0.4) is 0 Å². The van der Waals surface area contributed by atoms with E-state index in [1.807, 2.05) is 33.4 Å². The zero-order chi connectivity index (χ0) is 12.4. The summed E-state index contributed by atoms with van der Waals surface area (Å²) in [6.07, 6.45) is 5.37. The lowest BCUT2D eigenvalue weighted by Crippen LogP contribution is -2.22. The maximum atomic E-state index is 6.03. The normalized spacial score (nSPS) is 14.8. The van der Waals surface area contributed by atoms with Gasteiger partial charge in [-0.25, -0.2) is 9.67 Å². The fourth-order valence-electron chi connectivity index (χ4n) is 1.57. The third-order valence-electron chi connectivity index (χ3n) is 2.43. The highest BCUT2D eigenvalue weighted by molar-refractivity contribution is 7.99. The van der Waals surface area contributed by atoms with E-state index in [4.69, 9.17) is 5.73 Å². The molecule has 2 atom stereocenters. The minimum absolute atomic E-state index is 0.0147. The summed E-state index contributed by atoms with van der Waals surface area (Å²) in [6, 6.07) is 0.0147. The van der Waals surface area contributed by atoms with E-state index in [9.17, 15) is 0 Å². The van der Waals surface area contributed by atoms with E-state index in [0.717, 1.165) is 10.7 Å². The standard InChI is InChI=1S/C10H16N6S/c1-7(11)9(8-4-13-15(2)5-8)17-10-12-6-14-16(10)3/h4-7,9H,11H2,1-3H3. The molecule has 2 unspecified atom stereocenters. The average Bonchev–Trinajstić information content (AvgIpc) is 2.84. The predicted molar refractivity (Wildman–Crippen MR) is 66.5 cm³/mol. The molecule has 0 aliphatic carbocycles. The first-order chi connectivity index (χ1) is 8.08. The maximum Gasteiger partial charge on any atom is 0.186 e. The first-order valence-corrected chi connectivity index (χ1v) is 6.20. The lowest BCUT2D eigenvalue weighted by Gasteiger charge is -2.17. The highest BCUT2D eigenvalue weighted by Crippen LogP contribution is 2.35. The number of aryl methyl sites for hydroxylation is 2. The van der Waals surface area contributed by atoms with Gasteiger partial charge < -0.3 is 5.73 Å². The molecule has 0 aromatic carbocycles. The molecule has 0 saturated heterocycles. The van der Waals surface area contributed by atoms with Crippen molar-refractivity contribution < 1.29 is 0 Å². The van der Waals surface area contributed by atoms with Gasteiger partial charge in [0, 0.05) is 31.9 Å². The molecule has 6 nitrogen and oxygen atoms in total. The Morgan fingerprint density at radius 2 is 2.12 bits per heavy atom. The zero-order valence-corrected chi connectivity index (χ0v) is 10.9. The summed E-state index contributed by atoms with van der Waals surface area (Å²) in [5.41, 5.74) is 7.14. The Balaban J connectivity index is 2.22. The van der Waals surface area contributed by atoms with E-state index in [-0.39, 0.29) is 11.3 Å². The highest BCUT2D eigenvalue weighted by atomic mass is 32.2. The van der Waals surface area contributed by atoms with Gasteiger partial charge >= 0.3 is 0 Å². The van der Waals surface area contributed by atoms with Gasteiger partial charge in [-0.2, -0.15) is 10.2 Å². The molecular formula is C10H16N6S. The molecule has 0 saturated carbocycles. The van der Waals surface area contributed by atoms with E-state index in [2.05, 4.69) is 15.2 Å². The summed E-state index contributed by atoms with van der Waals surface area (Å²) in [4.78, 5) is 4.20. The summed E-state index contributed by atoms with van der Waals surface area (Å²) in [5, 5.41) is 9.22. The van der Waals surface area contributed by atoms with Crippen LogP contribution in [0.2, 0.25) is 0 Å². The van der Waals surface area contributed by atoms with Crippen LogP contribution in [0.15, 0.2) is 23.9 Å². The molecule has 2 N–H and O–H groups in total. The van der Waals surface area contributed by atoms with Crippen molar-refractivity contribution in [3.05, 3.63) is 24.3 Å². The summed E-state index contributed by atoms with van der Waals surface area (Å²) >= 11 is 1.61. The molecule has 0 amide bonds. The maximum absolute atomic E-state index is 6.03. The number of nitrogens with zero attached hydrogens (tertiary/aromatic N) is 5. The Morgan fingerprint density at radius 1 is 1.35 bits per heavy atom. The Bertz CT molecular complexity index is 488. The smallest absolute Gasteiger partial charge is 0.186 e. The van der Waals surface area contributed by atoms with Gasteiger partial charge in [0.05, 0.1) is 11.4 Å². The number of hydrogen-bond donors (Lipinski definition) is 1. The lowest BCUT2D eigenvalue weighted by atomic mass is 10.1. The Labute approximate surface area is 104 Å². The molecule has 2 aromatic rings. The van der Waals surface area contributed by atoms with Crippen LogP contribution in [0, 0.1) is 0 Å². The molecule has 17 heavy (non-hydrogen) atoms. The quantitative estimate of drug-likeness (QED) is 0.812. The highest BCUT2D eigenvalue weighted by Gasteiger charge is 2.21. The largest absolute Gasteiger partial charge is 0.327 e. The van der Waals surface area contributed by atoms with E-state index in [0.29, 0.717) is 0 Å². The van der Waals surface area contributed by atoms with Crippen LogP contribution in [0.25, 0.3) is 0 Å². The van der Waals surface area contributed by atoms with Crippen molar-refractivity contribution in [2.24, 2.45) is 19.8 Å². The second-order valence-electron chi connectivity index (χ2n) is 4.01. The van der Waals surface area contributed by atoms with Gasteiger partial charge in [-0.1, -0.05) is 11.8 Å². The third-order valence-corrected chi connectivity index (χ3v) is 3.97. The predicted octanol–water partition coefficient (Wildman–Crippen LogP) is 0.729. The minimum Gasteiger partial charge on any atom is -0.327 e. The van der Waals surface area contributed by atoms with Crippen LogP contribution in [0.1, 0.15) is 17.7 Å². The molecule has 0 radical (unpaired) electrons. The topological polar surface area (TPSA) is 74.6 Å². The lowest BCUT2D eigenvalue weighted by molar-refractivity contribution is 0.671. The Hall–Kier alpha value is -1.34. The minimum atomic E-state index is 0.0147. The molecular weight excluding hydrogens is 236 g/mol. The van der Waals surface area contributed by atoms with Gasteiger partial charge in [-0.05, 0) is 6.92 Å². The zero-order valence-electron chi connectivity index (χ0n) is 10.1. The second kappa shape index (κ2) is 4.89. The molecule has 92 valence electrons. The van der Waals surface area contributed by atoms with Crippen molar-refractivity contribution in [2.75, 3.05) is 0 Å². The molecule has 2 aromatic heterocycles. The molecule has 0 bridgehead atoms. The van der Waals surface area contributed by atoms with Crippen molar-refractivity contribution in [1.29, 1.82) is 0 Å². The van der Waals surface area contributed by atoms with Crippen molar-refractivity contribution in [2.45, 2.75) is 23.4 Å². The first-order valence-electron chi connectivity index (χ1n) is 5.32. The van der Waals surface area contributed by atoms with Crippen molar-refractivity contribution in [3.8, 4) is 0 Å². The van der Waals surface area contributed by atoms with E-state index in [1.54, 1.807) is 27.5 Å². The van der Waals surface area contributed by atoms with E-state index >= 15 is 0 Å². The van der Waals surface area contributed by atoms with Crippen molar-refractivity contribution in [1.82, 2.24) is 24.5 Å². The number of rotatable bonds is 4. The van der Waals surface area contributed by atoms with Crippen LogP contribution in [-0.4, -0.2) is 30.6 Å². The fraction of sp³-hybridized carbons (Fsp3) is 0.500. The molecule has 2 heterocycles. The SMILES string of the molecule is CC(N)C(Sc1ncnn1C)c1cnn(C)c1. The average molecular weight is 252 g/mol. The Morgan fingerprint density at radius 3 is 2.59 bits per heavy atom. The summed E-state index contributed by atoms with van der Waals surface area (Å²) in [7, 11) is 3.77. The number of hydrogen-bond acceptors (Lipinski definition) is 5. The molecule has 0 spiro atoms. The van der Waals surface area contributed by atoms with Crippen LogP contribution in [0.4, 0.5) is 0 Å². The second-order valence-corrected chi connectivity index (χ2v) is 5.12. The summed E-state index contributed by atoms with van der Waals surface area (Å²) < 4.78 is 3.53. The van der Waals surface area contributed by atoms with E-state index < -0.39 is 0 Å². The molecule has 7 heteroatoms. The molecule has 0 aliphatic rings. The Kier molecular flexibility index (Phi) is 3.49. The van der Waals surface area contributed by atoms with Gasteiger partial charge in [0.15, 0.2) is 5.16 Å². The third kappa shape index (κ3) is 2.67. The van der Waals surface area contributed by atoms with Crippen molar-refractivity contribution in [3.63, 3.8) is 0 Å². The number of aromatic nitrogens is 5. The van der Waals surface area contributed by atoms with Crippen LogP contribution < -0.4 is 5.73 Å². The number of nitrogens with two attached hydrogens (primary N) is 1.